The van der Waals surface area contributed by atoms with E-state index < -0.39 is 6.03 Å². The first-order valence-electron chi connectivity index (χ1n) is 6.64. The van der Waals surface area contributed by atoms with Crippen molar-refractivity contribution >= 4 is 40.6 Å². The van der Waals surface area contributed by atoms with Crippen molar-refractivity contribution in [2.24, 2.45) is 0 Å². The van der Waals surface area contributed by atoms with Crippen LogP contribution < -0.4 is 10.7 Å². The Bertz CT molecular complexity index is 578. The van der Waals surface area contributed by atoms with Gasteiger partial charge in [-0.3, -0.25) is 20.2 Å². The SMILES string of the molecule is C[C@@H](CC(=O)N(C)NC(=O)Nc1n[nH]c(=S)s1)OC(C)(C)C. The van der Waals surface area contributed by atoms with E-state index >= 15 is 0 Å². The van der Waals surface area contributed by atoms with Gasteiger partial charge >= 0.3 is 6.03 Å². The molecule has 8 nitrogen and oxygen atoms in total. The van der Waals surface area contributed by atoms with Gasteiger partial charge in [0.25, 0.3) is 0 Å². The fourth-order valence-electron chi connectivity index (χ4n) is 1.65. The number of ether oxygens (including phenoxy) is 1. The quantitative estimate of drug-likeness (QED) is 0.573. The zero-order chi connectivity index (χ0) is 16.9. The molecule has 0 aliphatic heterocycles. The highest BCUT2D eigenvalue weighted by Gasteiger charge is 2.20. The van der Waals surface area contributed by atoms with Crippen LogP contribution in [0.2, 0.25) is 0 Å². The number of H-pyrrole nitrogens is 1. The molecule has 0 aliphatic rings. The minimum atomic E-state index is -0.571. The van der Waals surface area contributed by atoms with Crippen molar-refractivity contribution in [2.45, 2.75) is 45.8 Å². The van der Waals surface area contributed by atoms with Crippen molar-refractivity contribution in [1.82, 2.24) is 20.6 Å². The fraction of sp³-hybridized carbons (Fsp3) is 0.667. The Balaban J connectivity index is 2.43. The number of rotatable bonds is 4. The normalized spacial score (nSPS) is 12.6. The van der Waals surface area contributed by atoms with Crippen LogP contribution in [0, 0.1) is 3.95 Å². The molecule has 0 unspecified atom stereocenters. The van der Waals surface area contributed by atoms with Gasteiger partial charge in [-0.1, -0.05) is 11.3 Å². The molecule has 0 bridgehead atoms. The van der Waals surface area contributed by atoms with Crippen molar-refractivity contribution in [3.8, 4) is 0 Å². The van der Waals surface area contributed by atoms with Crippen LogP contribution in [-0.2, 0) is 9.53 Å². The maximum Gasteiger partial charge on any atom is 0.339 e. The molecule has 0 aliphatic carbocycles. The summed E-state index contributed by atoms with van der Waals surface area (Å²) in [5, 5.41) is 10.2. The lowest BCUT2D eigenvalue weighted by Gasteiger charge is -2.26. The second-order valence-electron chi connectivity index (χ2n) is 5.68. The molecule has 0 spiro atoms. The van der Waals surface area contributed by atoms with E-state index in [0.717, 1.165) is 16.3 Å². The molecule has 22 heavy (non-hydrogen) atoms. The van der Waals surface area contributed by atoms with E-state index in [1.807, 2.05) is 27.7 Å². The lowest BCUT2D eigenvalue weighted by Crippen LogP contribution is -2.46. The topological polar surface area (TPSA) is 99.4 Å². The Kier molecular flexibility index (Phi) is 6.45. The lowest BCUT2D eigenvalue weighted by atomic mass is 10.1. The van der Waals surface area contributed by atoms with E-state index in [1.54, 1.807) is 0 Å². The summed E-state index contributed by atoms with van der Waals surface area (Å²) in [5.74, 6) is -0.262. The largest absolute Gasteiger partial charge is 0.372 e. The van der Waals surface area contributed by atoms with E-state index in [0.29, 0.717) is 9.09 Å². The van der Waals surface area contributed by atoms with Gasteiger partial charge in [0.2, 0.25) is 11.0 Å². The Labute approximate surface area is 138 Å². The predicted octanol–water partition coefficient (Wildman–Crippen LogP) is 2.29. The smallest absolute Gasteiger partial charge is 0.339 e. The molecule has 0 fully saturated rings. The van der Waals surface area contributed by atoms with Gasteiger partial charge in [-0.05, 0) is 39.9 Å². The predicted molar refractivity (Wildman–Crippen MR) is 87.1 cm³/mol. The maximum absolute atomic E-state index is 12.0. The summed E-state index contributed by atoms with van der Waals surface area (Å²) >= 11 is 5.98. The van der Waals surface area contributed by atoms with Crippen molar-refractivity contribution in [1.29, 1.82) is 0 Å². The third-order valence-corrected chi connectivity index (χ3v) is 3.32. The second-order valence-corrected chi connectivity index (χ2v) is 7.35. The fourth-order valence-corrected chi connectivity index (χ4v) is 2.44. The summed E-state index contributed by atoms with van der Waals surface area (Å²) in [4.78, 5) is 23.7. The zero-order valence-electron chi connectivity index (χ0n) is 13.2. The number of carbonyl (C=O) groups is 2. The van der Waals surface area contributed by atoms with Gasteiger partial charge in [-0.25, -0.2) is 10.2 Å². The molecule has 0 saturated heterocycles. The van der Waals surface area contributed by atoms with Crippen molar-refractivity contribution in [3.05, 3.63) is 3.95 Å². The summed E-state index contributed by atoms with van der Waals surface area (Å²) in [5.41, 5.74) is 2.08. The van der Waals surface area contributed by atoms with Crippen molar-refractivity contribution in [2.75, 3.05) is 12.4 Å². The van der Waals surface area contributed by atoms with Crippen molar-refractivity contribution < 1.29 is 14.3 Å². The lowest BCUT2D eigenvalue weighted by molar-refractivity contribution is -0.137. The zero-order valence-corrected chi connectivity index (χ0v) is 14.9. The average molecular weight is 347 g/mol. The van der Waals surface area contributed by atoms with Crippen LogP contribution in [0.1, 0.15) is 34.1 Å². The third-order valence-electron chi connectivity index (χ3n) is 2.32. The van der Waals surface area contributed by atoms with Crippen LogP contribution >= 0.6 is 23.6 Å². The van der Waals surface area contributed by atoms with E-state index in [-0.39, 0.29) is 24.0 Å². The highest BCUT2D eigenvalue weighted by Crippen LogP contribution is 2.13. The Morgan fingerprint density at radius 3 is 2.64 bits per heavy atom. The average Bonchev–Trinajstić information content (AvgIpc) is 2.71. The Morgan fingerprint density at radius 1 is 1.50 bits per heavy atom. The molecule has 1 aromatic heterocycles. The number of nitrogens with zero attached hydrogens (tertiary/aromatic N) is 2. The van der Waals surface area contributed by atoms with Gasteiger partial charge < -0.3 is 4.74 Å². The third kappa shape index (κ3) is 6.96. The second kappa shape index (κ2) is 7.65. The molecule has 3 N–H and O–H groups in total. The highest BCUT2D eigenvalue weighted by atomic mass is 32.1. The molecule has 1 aromatic rings. The van der Waals surface area contributed by atoms with Gasteiger partial charge in [0.1, 0.15) is 0 Å². The van der Waals surface area contributed by atoms with Crippen LogP contribution in [-0.4, -0.2) is 45.9 Å². The number of hydrazine groups is 1. The van der Waals surface area contributed by atoms with Crippen molar-refractivity contribution in [3.63, 3.8) is 0 Å². The summed E-state index contributed by atoms with van der Waals surface area (Å²) in [6.45, 7) is 7.57. The molecule has 1 atom stereocenters. The van der Waals surface area contributed by atoms with Gasteiger partial charge in [0.05, 0.1) is 18.1 Å². The number of aromatic amines is 1. The number of carbonyl (C=O) groups excluding carboxylic acids is 2. The summed E-state index contributed by atoms with van der Waals surface area (Å²) in [7, 11) is 1.47. The summed E-state index contributed by atoms with van der Waals surface area (Å²) < 4.78 is 6.11. The minimum Gasteiger partial charge on any atom is -0.372 e. The molecular formula is C12H21N5O3S2. The van der Waals surface area contributed by atoms with Gasteiger partial charge in [-0.2, -0.15) is 0 Å². The first-order chi connectivity index (χ1) is 10.1. The summed E-state index contributed by atoms with van der Waals surface area (Å²) in [6.07, 6.45) is -0.0915. The molecule has 1 rings (SSSR count). The van der Waals surface area contributed by atoms with Crippen LogP contribution in [0.3, 0.4) is 0 Å². The van der Waals surface area contributed by atoms with Gasteiger partial charge in [0, 0.05) is 7.05 Å². The van der Waals surface area contributed by atoms with Gasteiger partial charge in [-0.15, -0.1) is 5.10 Å². The Hall–Kier alpha value is -1.52. The number of hydrogen-bond acceptors (Lipinski definition) is 6. The number of hydrogen-bond donors (Lipinski definition) is 3. The van der Waals surface area contributed by atoms with Crippen LogP contribution in [0.15, 0.2) is 0 Å². The molecular weight excluding hydrogens is 326 g/mol. The van der Waals surface area contributed by atoms with E-state index in [9.17, 15) is 9.59 Å². The molecule has 0 aromatic carbocycles. The number of anilines is 1. The molecule has 10 heteroatoms. The molecule has 124 valence electrons. The molecule has 3 amide bonds. The molecule has 0 saturated carbocycles. The monoisotopic (exact) mass is 347 g/mol. The van der Waals surface area contributed by atoms with E-state index in [4.69, 9.17) is 17.0 Å². The first kappa shape index (κ1) is 18.5. The van der Waals surface area contributed by atoms with E-state index in [2.05, 4.69) is 20.9 Å². The number of nitrogens with one attached hydrogen (secondary N) is 3. The number of aromatic nitrogens is 2. The van der Waals surface area contributed by atoms with Crippen LogP contribution in [0.25, 0.3) is 0 Å². The number of urea groups is 1. The Morgan fingerprint density at radius 2 is 2.14 bits per heavy atom. The standard InChI is InChI=1S/C12H21N5O3S2/c1-7(20-12(2,3)4)6-8(18)17(5)16-9(19)13-10-14-15-11(21)22-10/h7H,6H2,1-5H3,(H,15,21)(H2,13,14,16,19)/t7-/m0/s1. The highest BCUT2D eigenvalue weighted by molar-refractivity contribution is 7.73. The molecule has 1 heterocycles. The van der Waals surface area contributed by atoms with Gasteiger partial charge in [0.15, 0.2) is 3.95 Å². The molecule has 0 radical (unpaired) electrons. The maximum atomic E-state index is 12.0. The van der Waals surface area contributed by atoms with Crippen LogP contribution in [0.4, 0.5) is 9.93 Å². The van der Waals surface area contributed by atoms with E-state index in [1.165, 1.54) is 7.05 Å². The number of amides is 3. The minimum absolute atomic E-state index is 0.162. The first-order valence-corrected chi connectivity index (χ1v) is 7.87. The summed E-state index contributed by atoms with van der Waals surface area (Å²) in [6, 6.07) is -0.571. The van der Waals surface area contributed by atoms with Crippen LogP contribution in [0.5, 0.6) is 0 Å².